The summed E-state index contributed by atoms with van der Waals surface area (Å²) in [6.45, 7) is 4.86. The number of hydrogen-bond donors (Lipinski definition) is 2. The van der Waals surface area contributed by atoms with E-state index < -0.39 is 0 Å². The Morgan fingerprint density at radius 1 is 1.27 bits per heavy atom. The third-order valence-corrected chi connectivity index (χ3v) is 2.87. The SMILES string of the molecule is CC(C)COc1ccc(NC(=S)NC(=O)c2ccco2)cc1. The predicted molar refractivity (Wildman–Crippen MR) is 89.2 cm³/mol. The first-order valence-electron chi connectivity index (χ1n) is 6.93. The van der Waals surface area contributed by atoms with Crippen LogP contribution in [0.1, 0.15) is 24.4 Å². The van der Waals surface area contributed by atoms with Gasteiger partial charge in [0, 0.05) is 5.69 Å². The molecule has 22 heavy (non-hydrogen) atoms. The predicted octanol–water partition coefficient (Wildman–Crippen LogP) is 3.44. The van der Waals surface area contributed by atoms with Gasteiger partial charge in [0.05, 0.1) is 12.9 Å². The van der Waals surface area contributed by atoms with Gasteiger partial charge in [0.15, 0.2) is 10.9 Å². The second-order valence-corrected chi connectivity index (χ2v) is 5.52. The first-order chi connectivity index (χ1) is 10.5. The Balaban J connectivity index is 1.85. The van der Waals surface area contributed by atoms with Gasteiger partial charge in [0.25, 0.3) is 5.91 Å². The van der Waals surface area contributed by atoms with Crippen LogP contribution in [0.2, 0.25) is 0 Å². The van der Waals surface area contributed by atoms with Crippen LogP contribution in [0.5, 0.6) is 5.75 Å². The highest BCUT2D eigenvalue weighted by molar-refractivity contribution is 7.80. The Morgan fingerprint density at radius 3 is 2.59 bits per heavy atom. The van der Waals surface area contributed by atoms with Gasteiger partial charge >= 0.3 is 0 Å². The summed E-state index contributed by atoms with van der Waals surface area (Å²) in [5.74, 6) is 1.09. The Morgan fingerprint density at radius 2 is 2.00 bits per heavy atom. The molecule has 0 atom stereocenters. The van der Waals surface area contributed by atoms with Crippen molar-refractivity contribution in [3.05, 3.63) is 48.4 Å². The fraction of sp³-hybridized carbons (Fsp3) is 0.250. The van der Waals surface area contributed by atoms with Crippen molar-refractivity contribution in [2.45, 2.75) is 13.8 Å². The third kappa shape index (κ3) is 4.89. The van der Waals surface area contributed by atoms with E-state index in [1.165, 1.54) is 6.26 Å². The zero-order valence-corrected chi connectivity index (χ0v) is 13.3. The summed E-state index contributed by atoms with van der Waals surface area (Å²) in [5.41, 5.74) is 0.765. The second-order valence-electron chi connectivity index (χ2n) is 5.11. The molecular formula is C16H18N2O3S. The summed E-state index contributed by atoms with van der Waals surface area (Å²) in [6.07, 6.45) is 1.43. The molecule has 1 aromatic carbocycles. The Kier molecular flexibility index (Phi) is 5.55. The lowest BCUT2D eigenvalue weighted by atomic mass is 10.2. The van der Waals surface area contributed by atoms with Gasteiger partial charge in [-0.2, -0.15) is 0 Å². The average Bonchev–Trinajstić information content (AvgIpc) is 3.00. The lowest BCUT2D eigenvalue weighted by molar-refractivity contribution is 0.0950. The van der Waals surface area contributed by atoms with Crippen molar-refractivity contribution in [3.8, 4) is 5.75 Å². The van der Waals surface area contributed by atoms with E-state index in [0.29, 0.717) is 12.5 Å². The molecule has 1 aromatic heterocycles. The number of ether oxygens (including phenoxy) is 1. The number of benzene rings is 1. The van der Waals surface area contributed by atoms with Gasteiger partial charge < -0.3 is 14.5 Å². The first-order valence-corrected chi connectivity index (χ1v) is 7.34. The Labute approximate surface area is 134 Å². The quantitative estimate of drug-likeness (QED) is 0.827. The highest BCUT2D eigenvalue weighted by Crippen LogP contribution is 2.16. The third-order valence-electron chi connectivity index (χ3n) is 2.67. The van der Waals surface area contributed by atoms with Gasteiger partial charge in [0.1, 0.15) is 5.75 Å². The minimum absolute atomic E-state index is 0.206. The number of anilines is 1. The van der Waals surface area contributed by atoms with Gasteiger partial charge in [-0.25, -0.2) is 0 Å². The minimum Gasteiger partial charge on any atom is -0.493 e. The Bertz CT molecular complexity index is 621. The van der Waals surface area contributed by atoms with Crippen LogP contribution in [-0.2, 0) is 0 Å². The molecular weight excluding hydrogens is 300 g/mol. The second kappa shape index (κ2) is 7.61. The number of amides is 1. The minimum atomic E-state index is -0.389. The smallest absolute Gasteiger partial charge is 0.293 e. The van der Waals surface area contributed by atoms with E-state index in [1.54, 1.807) is 12.1 Å². The van der Waals surface area contributed by atoms with E-state index in [2.05, 4.69) is 24.5 Å². The molecule has 0 aliphatic carbocycles. The molecule has 116 valence electrons. The number of hydrogen-bond acceptors (Lipinski definition) is 4. The van der Waals surface area contributed by atoms with Gasteiger partial charge in [-0.05, 0) is 54.5 Å². The number of thiocarbonyl (C=S) groups is 1. The monoisotopic (exact) mass is 318 g/mol. The van der Waals surface area contributed by atoms with Crippen LogP contribution in [0.25, 0.3) is 0 Å². The maximum absolute atomic E-state index is 11.8. The fourth-order valence-electron chi connectivity index (χ4n) is 1.63. The van der Waals surface area contributed by atoms with Crippen molar-refractivity contribution in [3.63, 3.8) is 0 Å². The molecule has 1 amide bonds. The molecule has 5 nitrogen and oxygen atoms in total. The molecule has 2 N–H and O–H groups in total. The van der Waals surface area contributed by atoms with Crippen LogP contribution in [0.3, 0.4) is 0 Å². The number of furan rings is 1. The lowest BCUT2D eigenvalue weighted by Crippen LogP contribution is -2.33. The van der Waals surface area contributed by atoms with Crippen LogP contribution in [0.15, 0.2) is 47.1 Å². The van der Waals surface area contributed by atoms with Crippen molar-refractivity contribution in [1.82, 2.24) is 5.32 Å². The molecule has 0 spiro atoms. The zero-order valence-electron chi connectivity index (χ0n) is 12.5. The van der Waals surface area contributed by atoms with E-state index in [9.17, 15) is 4.79 Å². The number of carbonyl (C=O) groups excluding carboxylic acids is 1. The maximum atomic E-state index is 11.8. The van der Waals surface area contributed by atoms with Crippen molar-refractivity contribution >= 4 is 28.9 Å². The van der Waals surface area contributed by atoms with Crippen LogP contribution in [0.4, 0.5) is 5.69 Å². The summed E-state index contributed by atoms with van der Waals surface area (Å²) in [5, 5.41) is 5.68. The van der Waals surface area contributed by atoms with E-state index in [1.807, 2.05) is 24.3 Å². The summed E-state index contributed by atoms with van der Waals surface area (Å²) in [4.78, 5) is 11.8. The molecule has 0 aliphatic rings. The largest absolute Gasteiger partial charge is 0.493 e. The number of nitrogens with one attached hydrogen (secondary N) is 2. The van der Waals surface area contributed by atoms with Crippen molar-refractivity contribution in [1.29, 1.82) is 0 Å². The van der Waals surface area contributed by atoms with Gasteiger partial charge in [0.2, 0.25) is 0 Å². The molecule has 2 aromatic rings. The van der Waals surface area contributed by atoms with E-state index in [0.717, 1.165) is 11.4 Å². The Hall–Kier alpha value is -2.34. The average molecular weight is 318 g/mol. The highest BCUT2D eigenvalue weighted by Gasteiger charge is 2.10. The van der Waals surface area contributed by atoms with E-state index in [-0.39, 0.29) is 16.8 Å². The molecule has 0 saturated heterocycles. The van der Waals surface area contributed by atoms with Crippen LogP contribution in [-0.4, -0.2) is 17.6 Å². The van der Waals surface area contributed by atoms with Crippen molar-refractivity contribution < 1.29 is 13.9 Å². The topological polar surface area (TPSA) is 63.5 Å². The fourth-order valence-corrected chi connectivity index (χ4v) is 1.84. The number of carbonyl (C=O) groups is 1. The molecule has 0 bridgehead atoms. The molecule has 0 radical (unpaired) electrons. The molecule has 0 unspecified atom stereocenters. The van der Waals surface area contributed by atoms with Crippen LogP contribution < -0.4 is 15.4 Å². The van der Waals surface area contributed by atoms with Gasteiger partial charge in [-0.15, -0.1) is 0 Å². The lowest BCUT2D eigenvalue weighted by Gasteiger charge is -2.11. The van der Waals surface area contributed by atoms with Gasteiger partial charge in [-0.3, -0.25) is 10.1 Å². The van der Waals surface area contributed by atoms with E-state index in [4.69, 9.17) is 21.4 Å². The van der Waals surface area contributed by atoms with E-state index >= 15 is 0 Å². The summed E-state index contributed by atoms with van der Waals surface area (Å²) >= 11 is 5.09. The normalized spacial score (nSPS) is 10.3. The van der Waals surface area contributed by atoms with Crippen LogP contribution >= 0.6 is 12.2 Å². The molecule has 0 fully saturated rings. The highest BCUT2D eigenvalue weighted by atomic mass is 32.1. The van der Waals surface area contributed by atoms with Crippen LogP contribution in [0, 0.1) is 5.92 Å². The van der Waals surface area contributed by atoms with Crippen molar-refractivity contribution in [2.75, 3.05) is 11.9 Å². The molecule has 0 aliphatic heterocycles. The number of rotatable bonds is 5. The zero-order chi connectivity index (χ0) is 15.9. The van der Waals surface area contributed by atoms with Gasteiger partial charge in [-0.1, -0.05) is 13.8 Å². The standard InChI is InChI=1S/C16H18N2O3S/c1-11(2)10-21-13-7-5-12(6-8-13)17-16(22)18-15(19)14-4-3-9-20-14/h3-9,11H,10H2,1-2H3,(H2,17,18,19,22). The molecule has 6 heteroatoms. The molecule has 2 rings (SSSR count). The maximum Gasteiger partial charge on any atom is 0.293 e. The summed E-state index contributed by atoms with van der Waals surface area (Å²) in [7, 11) is 0. The molecule has 1 heterocycles. The van der Waals surface area contributed by atoms with Crippen molar-refractivity contribution in [2.24, 2.45) is 5.92 Å². The first kappa shape index (κ1) is 16.0. The summed E-state index contributed by atoms with van der Waals surface area (Å²) in [6, 6.07) is 10.6. The summed E-state index contributed by atoms with van der Waals surface area (Å²) < 4.78 is 10.6. The molecule has 0 saturated carbocycles.